The molecule has 0 radical (unpaired) electrons. The molecule has 30 heavy (non-hydrogen) atoms. The van der Waals surface area contributed by atoms with Crippen LogP contribution in [0.15, 0.2) is 36.4 Å². The van der Waals surface area contributed by atoms with Gasteiger partial charge in [-0.3, -0.25) is 0 Å². The molecule has 1 aliphatic heterocycles. The summed E-state index contributed by atoms with van der Waals surface area (Å²) in [5, 5.41) is 4.39. The maximum atomic E-state index is 12.7. The van der Waals surface area contributed by atoms with Gasteiger partial charge in [0.15, 0.2) is 5.13 Å². The van der Waals surface area contributed by atoms with Gasteiger partial charge in [-0.1, -0.05) is 29.0 Å². The number of carbonyl (C=O) groups is 1. The number of aromatic nitrogens is 1. The first-order valence-corrected chi connectivity index (χ1v) is 10.9. The molecule has 158 valence electrons. The summed E-state index contributed by atoms with van der Waals surface area (Å²) in [5.74, 6) is 1.39. The third-order valence-corrected chi connectivity index (χ3v) is 6.23. The quantitative estimate of drug-likeness (QED) is 0.614. The Labute approximate surface area is 184 Å². The zero-order chi connectivity index (χ0) is 21.1. The largest absolute Gasteiger partial charge is 0.495 e. The molecule has 4 rings (SSSR count). The number of nitrogens with zero attached hydrogens (tertiary/aromatic N) is 3. The Kier molecular flexibility index (Phi) is 6.15. The molecule has 0 aliphatic carbocycles. The minimum absolute atomic E-state index is 0.168. The van der Waals surface area contributed by atoms with Crippen molar-refractivity contribution in [3.05, 3.63) is 41.4 Å². The highest BCUT2D eigenvalue weighted by Gasteiger charge is 2.24. The number of methoxy groups -OCH3 is 1. The minimum atomic E-state index is -0.168. The molecule has 7 nitrogen and oxygen atoms in total. The van der Waals surface area contributed by atoms with Crippen molar-refractivity contribution in [2.45, 2.75) is 6.92 Å². The molecular formula is C21H23ClN4O3S. The van der Waals surface area contributed by atoms with Gasteiger partial charge in [0.25, 0.3) is 0 Å². The topological polar surface area (TPSA) is 66.9 Å². The summed E-state index contributed by atoms with van der Waals surface area (Å²) in [4.78, 5) is 21.5. The van der Waals surface area contributed by atoms with E-state index in [1.807, 2.05) is 19.1 Å². The third-order valence-electron chi connectivity index (χ3n) is 4.91. The van der Waals surface area contributed by atoms with Crippen LogP contribution in [-0.4, -0.2) is 55.8 Å². The predicted octanol–water partition coefficient (Wildman–Crippen LogP) is 4.71. The van der Waals surface area contributed by atoms with Gasteiger partial charge in [-0.25, -0.2) is 9.78 Å². The van der Waals surface area contributed by atoms with Gasteiger partial charge in [-0.2, -0.15) is 0 Å². The van der Waals surface area contributed by atoms with Crippen molar-refractivity contribution in [3.8, 4) is 11.5 Å². The van der Waals surface area contributed by atoms with Crippen LogP contribution < -0.4 is 19.7 Å². The van der Waals surface area contributed by atoms with Crippen LogP contribution in [0.5, 0.6) is 11.5 Å². The summed E-state index contributed by atoms with van der Waals surface area (Å²) in [5.41, 5.74) is 1.46. The molecule has 1 saturated heterocycles. The zero-order valence-corrected chi connectivity index (χ0v) is 18.4. The van der Waals surface area contributed by atoms with Gasteiger partial charge in [0.1, 0.15) is 17.0 Å². The van der Waals surface area contributed by atoms with Crippen LogP contribution in [0, 0.1) is 0 Å². The average Bonchev–Trinajstić information content (AvgIpc) is 3.20. The standard InChI is InChI=1S/C21H23ClN4O3S/c1-3-29-17-5-4-6-18-19(17)24-21(30-18)26-11-9-25(10-12-26)20(27)23-15-13-14(22)7-8-16(15)28-2/h4-8,13H,3,9-12H2,1-2H3,(H,23,27). The van der Waals surface area contributed by atoms with Crippen molar-refractivity contribution in [2.24, 2.45) is 0 Å². The highest BCUT2D eigenvalue weighted by atomic mass is 35.5. The van der Waals surface area contributed by atoms with Crippen LogP contribution in [-0.2, 0) is 0 Å². The molecular weight excluding hydrogens is 424 g/mol. The van der Waals surface area contributed by atoms with Crippen molar-refractivity contribution in [1.29, 1.82) is 0 Å². The molecule has 9 heteroatoms. The molecule has 0 unspecified atom stereocenters. The van der Waals surface area contributed by atoms with Gasteiger partial charge in [0.2, 0.25) is 0 Å². The van der Waals surface area contributed by atoms with E-state index in [4.69, 9.17) is 26.1 Å². The second kappa shape index (κ2) is 8.97. The summed E-state index contributed by atoms with van der Waals surface area (Å²) in [6, 6.07) is 11.0. The summed E-state index contributed by atoms with van der Waals surface area (Å²) in [6.07, 6.45) is 0. The van der Waals surface area contributed by atoms with Crippen LogP contribution >= 0.6 is 22.9 Å². The number of ether oxygens (including phenoxy) is 2. The maximum Gasteiger partial charge on any atom is 0.322 e. The molecule has 1 N–H and O–H groups in total. The fraction of sp³-hybridized carbons (Fsp3) is 0.333. The number of urea groups is 1. The first-order valence-electron chi connectivity index (χ1n) is 9.76. The van der Waals surface area contributed by atoms with Crippen LogP contribution in [0.3, 0.4) is 0 Å². The normalized spacial score (nSPS) is 14.1. The Balaban J connectivity index is 1.41. The number of fused-ring (bicyclic) bond motifs is 1. The molecule has 1 aromatic heterocycles. The van der Waals surface area contributed by atoms with Crippen molar-refractivity contribution >= 4 is 50.0 Å². The predicted molar refractivity (Wildman–Crippen MR) is 122 cm³/mol. The van der Waals surface area contributed by atoms with Crippen molar-refractivity contribution in [1.82, 2.24) is 9.88 Å². The Morgan fingerprint density at radius 2 is 2.00 bits per heavy atom. The lowest BCUT2D eigenvalue weighted by Crippen LogP contribution is -2.50. The molecule has 2 aromatic carbocycles. The lowest BCUT2D eigenvalue weighted by molar-refractivity contribution is 0.208. The number of nitrogens with one attached hydrogen (secondary N) is 1. The molecule has 0 spiro atoms. The average molecular weight is 447 g/mol. The Bertz CT molecular complexity index is 1050. The minimum Gasteiger partial charge on any atom is -0.495 e. The van der Waals surface area contributed by atoms with E-state index in [1.54, 1.807) is 41.5 Å². The Morgan fingerprint density at radius 1 is 1.20 bits per heavy atom. The molecule has 1 aliphatic rings. The number of amides is 2. The molecule has 1 fully saturated rings. The SMILES string of the molecule is CCOc1cccc2sc(N3CCN(C(=O)Nc4cc(Cl)ccc4OC)CC3)nc12. The number of hydrogen-bond donors (Lipinski definition) is 1. The van der Waals surface area contributed by atoms with E-state index in [2.05, 4.69) is 16.3 Å². The highest BCUT2D eigenvalue weighted by Crippen LogP contribution is 2.34. The number of rotatable bonds is 5. The van der Waals surface area contributed by atoms with Crippen molar-refractivity contribution in [2.75, 3.05) is 50.1 Å². The number of carbonyl (C=O) groups excluding carboxylic acids is 1. The summed E-state index contributed by atoms with van der Waals surface area (Å²) >= 11 is 7.70. The molecule has 2 heterocycles. The summed E-state index contributed by atoms with van der Waals surface area (Å²) < 4.78 is 12.1. The fourth-order valence-corrected chi connectivity index (χ4v) is 4.60. The van der Waals surface area contributed by atoms with E-state index in [0.29, 0.717) is 49.2 Å². The molecule has 2 amide bonds. The number of hydrogen-bond acceptors (Lipinski definition) is 6. The highest BCUT2D eigenvalue weighted by molar-refractivity contribution is 7.22. The second-order valence-corrected chi connectivity index (χ2v) is 8.23. The summed E-state index contributed by atoms with van der Waals surface area (Å²) in [6.45, 7) is 5.20. The summed E-state index contributed by atoms with van der Waals surface area (Å²) in [7, 11) is 1.56. The second-order valence-electron chi connectivity index (χ2n) is 6.78. The maximum absolute atomic E-state index is 12.7. The fourth-order valence-electron chi connectivity index (χ4n) is 3.39. The van der Waals surface area contributed by atoms with Crippen molar-refractivity contribution < 1.29 is 14.3 Å². The van der Waals surface area contributed by atoms with E-state index in [1.165, 1.54) is 0 Å². The lowest BCUT2D eigenvalue weighted by Gasteiger charge is -2.34. The van der Waals surface area contributed by atoms with Gasteiger partial charge >= 0.3 is 6.03 Å². The van der Waals surface area contributed by atoms with E-state index in [9.17, 15) is 4.79 Å². The molecule has 0 saturated carbocycles. The van der Waals surface area contributed by atoms with Gasteiger partial charge in [0.05, 0.1) is 24.1 Å². The van der Waals surface area contributed by atoms with E-state index < -0.39 is 0 Å². The van der Waals surface area contributed by atoms with E-state index >= 15 is 0 Å². The monoisotopic (exact) mass is 446 g/mol. The van der Waals surface area contributed by atoms with Crippen LogP contribution in [0.1, 0.15) is 6.92 Å². The molecule has 0 atom stereocenters. The number of para-hydroxylation sites is 1. The van der Waals surface area contributed by atoms with Crippen LogP contribution in [0.4, 0.5) is 15.6 Å². The zero-order valence-electron chi connectivity index (χ0n) is 16.9. The molecule has 0 bridgehead atoms. The third kappa shape index (κ3) is 4.24. The number of anilines is 2. The van der Waals surface area contributed by atoms with Crippen LogP contribution in [0.25, 0.3) is 10.2 Å². The number of piperazine rings is 1. The lowest BCUT2D eigenvalue weighted by atomic mass is 10.3. The molecule has 3 aromatic rings. The first kappa shape index (κ1) is 20.6. The van der Waals surface area contributed by atoms with Crippen molar-refractivity contribution in [3.63, 3.8) is 0 Å². The van der Waals surface area contributed by atoms with Gasteiger partial charge in [-0.15, -0.1) is 0 Å². The van der Waals surface area contributed by atoms with E-state index in [0.717, 1.165) is 21.1 Å². The Hall–Kier alpha value is -2.71. The van der Waals surface area contributed by atoms with E-state index in [-0.39, 0.29) is 6.03 Å². The van der Waals surface area contributed by atoms with Gasteiger partial charge < -0.3 is 24.6 Å². The number of benzene rings is 2. The van der Waals surface area contributed by atoms with Gasteiger partial charge in [0, 0.05) is 31.2 Å². The Morgan fingerprint density at radius 3 is 2.73 bits per heavy atom. The van der Waals surface area contributed by atoms with Gasteiger partial charge in [-0.05, 0) is 37.3 Å². The number of thiazole rings is 1. The smallest absolute Gasteiger partial charge is 0.322 e. The van der Waals surface area contributed by atoms with Crippen LogP contribution in [0.2, 0.25) is 5.02 Å². The number of halogens is 1. The first-order chi connectivity index (χ1) is 14.6.